The number of nitrogens with zero attached hydrogens (tertiary/aromatic N) is 1. The number of H-pyrrole nitrogens is 1. The quantitative estimate of drug-likeness (QED) is 0.556. The lowest BCUT2D eigenvalue weighted by Gasteiger charge is -2.10. The van der Waals surface area contributed by atoms with Crippen LogP contribution in [0.2, 0.25) is 5.02 Å². The topological polar surface area (TPSA) is 20.7 Å². The van der Waals surface area contributed by atoms with Crippen molar-refractivity contribution in [1.82, 2.24) is 9.55 Å². The van der Waals surface area contributed by atoms with Crippen molar-refractivity contribution >= 4 is 50.8 Å². The lowest BCUT2D eigenvalue weighted by Crippen LogP contribution is -1.97. The summed E-state index contributed by atoms with van der Waals surface area (Å²) in [6.45, 7) is 1.93. The lowest BCUT2D eigenvalue weighted by atomic mass is 10.2. The highest BCUT2D eigenvalue weighted by atomic mass is 79.9. The van der Waals surface area contributed by atoms with Gasteiger partial charge in [-0.2, -0.15) is 0 Å². The molecule has 6 heteroatoms. The van der Waals surface area contributed by atoms with Crippen LogP contribution in [0.3, 0.4) is 0 Å². The molecule has 102 valence electrons. The van der Waals surface area contributed by atoms with Gasteiger partial charge >= 0.3 is 0 Å². The van der Waals surface area contributed by atoms with E-state index in [0.29, 0.717) is 19.8 Å². The second-order valence-electron chi connectivity index (χ2n) is 4.43. The zero-order valence-corrected chi connectivity index (χ0v) is 13.5. The van der Waals surface area contributed by atoms with Crippen LogP contribution in [0.15, 0.2) is 34.8 Å². The normalized spacial score (nSPS) is 11.2. The van der Waals surface area contributed by atoms with E-state index < -0.39 is 0 Å². The van der Waals surface area contributed by atoms with Crippen molar-refractivity contribution in [2.75, 3.05) is 0 Å². The number of aromatic amines is 1. The van der Waals surface area contributed by atoms with E-state index in [0.717, 1.165) is 16.8 Å². The van der Waals surface area contributed by atoms with E-state index in [2.05, 4.69) is 20.9 Å². The molecule has 0 saturated carbocycles. The molecule has 2 aromatic carbocycles. The van der Waals surface area contributed by atoms with Crippen molar-refractivity contribution in [3.05, 3.63) is 56.0 Å². The lowest BCUT2D eigenvalue weighted by molar-refractivity contribution is 0.623. The molecule has 0 spiro atoms. The van der Waals surface area contributed by atoms with Crippen LogP contribution in [0.25, 0.3) is 16.7 Å². The summed E-state index contributed by atoms with van der Waals surface area (Å²) >= 11 is 14.7. The Labute approximate surface area is 133 Å². The molecule has 3 rings (SSSR count). The SMILES string of the molecule is Cc1c(Cl)cccc1-n1c(=S)[nH]c2cc(F)c(Br)cc21. The Balaban J connectivity index is 2.42. The molecule has 1 aromatic heterocycles. The van der Waals surface area contributed by atoms with Crippen molar-refractivity contribution in [3.8, 4) is 5.69 Å². The predicted molar refractivity (Wildman–Crippen MR) is 85.9 cm³/mol. The van der Waals surface area contributed by atoms with Crippen molar-refractivity contribution in [2.24, 2.45) is 0 Å². The summed E-state index contributed by atoms with van der Waals surface area (Å²) in [7, 11) is 0. The fourth-order valence-corrected chi connectivity index (χ4v) is 2.99. The fourth-order valence-electron chi connectivity index (χ4n) is 2.18. The summed E-state index contributed by atoms with van der Waals surface area (Å²) in [6.07, 6.45) is 0. The average molecular weight is 372 g/mol. The van der Waals surface area contributed by atoms with Gasteiger partial charge in [-0.25, -0.2) is 4.39 Å². The number of hydrogen-bond acceptors (Lipinski definition) is 1. The summed E-state index contributed by atoms with van der Waals surface area (Å²) in [5.41, 5.74) is 3.25. The molecule has 1 N–H and O–H groups in total. The maximum Gasteiger partial charge on any atom is 0.182 e. The van der Waals surface area contributed by atoms with Gasteiger partial charge in [0.1, 0.15) is 5.82 Å². The largest absolute Gasteiger partial charge is 0.330 e. The molecule has 0 unspecified atom stereocenters. The molecule has 3 aromatic rings. The van der Waals surface area contributed by atoms with Gasteiger partial charge in [0.25, 0.3) is 0 Å². The third kappa shape index (κ3) is 2.10. The number of rotatable bonds is 1. The maximum atomic E-state index is 13.6. The smallest absolute Gasteiger partial charge is 0.182 e. The van der Waals surface area contributed by atoms with E-state index in [-0.39, 0.29) is 5.82 Å². The number of hydrogen-bond donors (Lipinski definition) is 1. The summed E-state index contributed by atoms with van der Waals surface area (Å²) in [6, 6.07) is 8.75. The molecule has 20 heavy (non-hydrogen) atoms. The first kappa shape index (κ1) is 13.8. The van der Waals surface area contributed by atoms with Crippen LogP contribution in [0, 0.1) is 17.5 Å². The third-order valence-electron chi connectivity index (χ3n) is 3.20. The van der Waals surface area contributed by atoms with Crippen molar-refractivity contribution in [1.29, 1.82) is 0 Å². The van der Waals surface area contributed by atoms with Crippen LogP contribution < -0.4 is 0 Å². The zero-order valence-electron chi connectivity index (χ0n) is 10.4. The molecule has 0 bridgehead atoms. The predicted octanol–water partition coefficient (Wildman–Crippen LogP) is 5.55. The monoisotopic (exact) mass is 370 g/mol. The molecule has 1 heterocycles. The van der Waals surface area contributed by atoms with Gasteiger partial charge in [0, 0.05) is 11.1 Å². The molecular weight excluding hydrogens is 363 g/mol. The summed E-state index contributed by atoms with van der Waals surface area (Å²) in [5.74, 6) is -0.330. The Hall–Kier alpha value is -1.17. The van der Waals surface area contributed by atoms with Gasteiger partial charge in [-0.15, -0.1) is 0 Å². The molecule has 0 radical (unpaired) electrons. The van der Waals surface area contributed by atoms with Crippen LogP contribution in [-0.2, 0) is 0 Å². The van der Waals surface area contributed by atoms with Gasteiger partial charge < -0.3 is 4.98 Å². The molecular formula is C14H9BrClFN2S. The fraction of sp³-hybridized carbons (Fsp3) is 0.0714. The second-order valence-corrected chi connectivity index (χ2v) is 6.08. The van der Waals surface area contributed by atoms with Gasteiger partial charge in [0.05, 0.1) is 21.2 Å². The summed E-state index contributed by atoms with van der Waals surface area (Å²) < 4.78 is 16.4. The summed E-state index contributed by atoms with van der Waals surface area (Å²) in [4.78, 5) is 3.01. The van der Waals surface area contributed by atoms with Crippen molar-refractivity contribution in [2.45, 2.75) is 6.92 Å². The Kier molecular flexibility index (Phi) is 3.44. The zero-order chi connectivity index (χ0) is 14.4. The highest BCUT2D eigenvalue weighted by Crippen LogP contribution is 2.29. The van der Waals surface area contributed by atoms with Gasteiger partial charge in [0.15, 0.2) is 4.77 Å². The molecule has 0 aliphatic rings. The van der Waals surface area contributed by atoms with Crippen LogP contribution in [-0.4, -0.2) is 9.55 Å². The Bertz CT molecular complexity index is 885. The van der Waals surface area contributed by atoms with E-state index >= 15 is 0 Å². The van der Waals surface area contributed by atoms with Crippen molar-refractivity contribution < 1.29 is 4.39 Å². The van der Waals surface area contributed by atoms with E-state index in [4.69, 9.17) is 23.8 Å². The number of nitrogens with one attached hydrogen (secondary N) is 1. The maximum absolute atomic E-state index is 13.6. The minimum absolute atomic E-state index is 0.330. The first-order valence-electron chi connectivity index (χ1n) is 5.84. The Morgan fingerprint density at radius 2 is 2.10 bits per heavy atom. The van der Waals surface area contributed by atoms with E-state index in [1.54, 1.807) is 6.07 Å². The molecule has 0 aliphatic heterocycles. The third-order valence-corrected chi connectivity index (χ3v) is 4.51. The second kappa shape index (κ2) is 4.98. The van der Waals surface area contributed by atoms with Crippen molar-refractivity contribution in [3.63, 3.8) is 0 Å². The molecule has 0 atom stereocenters. The minimum atomic E-state index is -0.330. The van der Waals surface area contributed by atoms with Crippen LogP contribution >= 0.6 is 39.7 Å². The number of benzene rings is 2. The first-order chi connectivity index (χ1) is 9.49. The van der Waals surface area contributed by atoms with E-state index in [1.165, 1.54) is 6.07 Å². The Morgan fingerprint density at radius 3 is 2.85 bits per heavy atom. The standard InChI is InChI=1S/C14H9BrClFN2S/c1-7-9(16)3-2-4-12(7)19-13-5-8(15)10(17)6-11(13)18-14(19)20/h2-6H,1H3,(H,18,20). The molecule has 0 fully saturated rings. The number of aromatic nitrogens is 2. The van der Waals surface area contributed by atoms with E-state index in [9.17, 15) is 4.39 Å². The van der Waals surface area contributed by atoms with Gasteiger partial charge in [0.2, 0.25) is 0 Å². The summed E-state index contributed by atoms with van der Waals surface area (Å²) in [5, 5.41) is 0.667. The van der Waals surface area contributed by atoms with Gasteiger partial charge in [-0.3, -0.25) is 4.57 Å². The molecule has 2 nitrogen and oxygen atoms in total. The highest BCUT2D eigenvalue weighted by molar-refractivity contribution is 9.10. The number of imidazole rings is 1. The molecule has 0 saturated heterocycles. The number of fused-ring (bicyclic) bond motifs is 1. The van der Waals surface area contributed by atoms with Crippen LogP contribution in [0.4, 0.5) is 4.39 Å². The average Bonchev–Trinajstić information content (AvgIpc) is 2.69. The minimum Gasteiger partial charge on any atom is -0.330 e. The first-order valence-corrected chi connectivity index (χ1v) is 7.42. The Morgan fingerprint density at radius 1 is 1.35 bits per heavy atom. The molecule has 0 aliphatic carbocycles. The van der Waals surface area contributed by atoms with Gasteiger partial charge in [-0.1, -0.05) is 17.7 Å². The van der Waals surface area contributed by atoms with E-state index in [1.807, 2.05) is 29.7 Å². The van der Waals surface area contributed by atoms with Gasteiger partial charge in [-0.05, 0) is 58.8 Å². The highest BCUT2D eigenvalue weighted by Gasteiger charge is 2.12. The molecule has 0 amide bonds. The van der Waals surface area contributed by atoms with Crippen LogP contribution in [0.5, 0.6) is 0 Å². The number of halogens is 3. The van der Waals surface area contributed by atoms with Crippen LogP contribution in [0.1, 0.15) is 5.56 Å².